The number of pyridine rings is 1. The molecule has 0 saturated heterocycles. The number of aliphatic hydroxyl groups excluding tert-OH is 1. The number of rotatable bonds is 3. The smallest absolute Gasteiger partial charge is 0.137 e. The van der Waals surface area contributed by atoms with Gasteiger partial charge in [-0.25, -0.2) is 9.37 Å². The fourth-order valence-corrected chi connectivity index (χ4v) is 2.27. The van der Waals surface area contributed by atoms with Gasteiger partial charge in [-0.15, -0.1) is 0 Å². The van der Waals surface area contributed by atoms with Crippen LogP contribution in [0.4, 0.5) is 4.39 Å². The third kappa shape index (κ3) is 3.07. The van der Waals surface area contributed by atoms with E-state index in [4.69, 9.17) is 11.6 Å². The van der Waals surface area contributed by atoms with E-state index in [0.717, 1.165) is 0 Å². The maximum absolute atomic E-state index is 13.3. The summed E-state index contributed by atoms with van der Waals surface area (Å²) in [6, 6.07) is 8.02. The van der Waals surface area contributed by atoms with Crippen molar-refractivity contribution >= 4 is 27.5 Å². The van der Waals surface area contributed by atoms with Crippen LogP contribution in [-0.4, -0.2) is 10.1 Å². The molecule has 94 valence electrons. The van der Waals surface area contributed by atoms with Crippen molar-refractivity contribution in [3.63, 3.8) is 0 Å². The van der Waals surface area contributed by atoms with Gasteiger partial charge in [-0.05, 0) is 45.3 Å². The Balaban J connectivity index is 2.21. The topological polar surface area (TPSA) is 33.1 Å². The summed E-state index contributed by atoms with van der Waals surface area (Å²) in [4.78, 5) is 3.85. The minimum atomic E-state index is -0.747. The average Bonchev–Trinajstić information content (AvgIpc) is 2.35. The third-order valence-electron chi connectivity index (χ3n) is 2.58. The summed E-state index contributed by atoms with van der Waals surface area (Å²) in [5.41, 5.74) is 1.36. The molecule has 2 rings (SSSR count). The third-order valence-corrected chi connectivity index (χ3v) is 3.67. The molecule has 0 fully saturated rings. The van der Waals surface area contributed by atoms with Gasteiger partial charge in [0, 0.05) is 12.6 Å². The molecule has 0 amide bonds. The highest BCUT2D eigenvalue weighted by Crippen LogP contribution is 2.26. The molecule has 18 heavy (non-hydrogen) atoms. The summed E-state index contributed by atoms with van der Waals surface area (Å²) in [6.45, 7) is 0. The minimum absolute atomic E-state index is 0.304. The monoisotopic (exact) mass is 329 g/mol. The number of aliphatic hydroxyl groups is 1. The van der Waals surface area contributed by atoms with Gasteiger partial charge >= 0.3 is 0 Å². The van der Waals surface area contributed by atoms with E-state index in [1.807, 2.05) is 0 Å². The van der Waals surface area contributed by atoms with E-state index in [1.54, 1.807) is 24.3 Å². The molecule has 1 N–H and O–H groups in total. The zero-order chi connectivity index (χ0) is 13.1. The molecule has 0 saturated carbocycles. The molecule has 1 atom stereocenters. The molecule has 5 heteroatoms. The molecule has 0 aliphatic rings. The van der Waals surface area contributed by atoms with Crippen LogP contribution in [0.2, 0.25) is 5.15 Å². The van der Waals surface area contributed by atoms with Gasteiger partial charge in [0.15, 0.2) is 0 Å². The van der Waals surface area contributed by atoms with Crippen LogP contribution in [-0.2, 0) is 6.42 Å². The zero-order valence-corrected chi connectivity index (χ0v) is 11.6. The van der Waals surface area contributed by atoms with Crippen LogP contribution in [0.1, 0.15) is 17.2 Å². The van der Waals surface area contributed by atoms with Gasteiger partial charge in [-0.1, -0.05) is 23.7 Å². The first kappa shape index (κ1) is 13.5. The van der Waals surface area contributed by atoms with Crippen LogP contribution < -0.4 is 0 Å². The van der Waals surface area contributed by atoms with Crippen molar-refractivity contribution in [1.29, 1.82) is 0 Å². The number of hydrogen-bond donors (Lipinski definition) is 1. The average molecular weight is 331 g/mol. The molecular formula is C13H10BrClFNO. The second-order valence-electron chi connectivity index (χ2n) is 3.84. The highest BCUT2D eigenvalue weighted by molar-refractivity contribution is 9.10. The lowest BCUT2D eigenvalue weighted by atomic mass is 10.0. The van der Waals surface area contributed by atoms with Gasteiger partial charge in [-0.3, -0.25) is 0 Å². The quantitative estimate of drug-likeness (QED) is 0.866. The standard InChI is InChI=1S/C13H10BrClFNO/c14-13-9(2-1-3-10(13)16)6-11(18)8-4-5-17-12(15)7-8/h1-5,7,11,18H,6H2. The van der Waals surface area contributed by atoms with E-state index in [0.29, 0.717) is 27.2 Å². The van der Waals surface area contributed by atoms with Crippen LogP contribution in [0, 0.1) is 5.82 Å². The van der Waals surface area contributed by atoms with Crippen LogP contribution in [0.5, 0.6) is 0 Å². The van der Waals surface area contributed by atoms with Gasteiger partial charge in [0.05, 0.1) is 10.6 Å². The predicted octanol–water partition coefficient (Wildman–Crippen LogP) is 3.91. The van der Waals surface area contributed by atoms with Crippen LogP contribution in [0.3, 0.4) is 0 Å². The number of nitrogens with zero attached hydrogens (tertiary/aromatic N) is 1. The maximum atomic E-state index is 13.3. The Hall–Kier alpha value is -0.970. The molecule has 2 aromatic rings. The highest BCUT2D eigenvalue weighted by Gasteiger charge is 2.13. The summed E-state index contributed by atoms with van der Waals surface area (Å²) in [7, 11) is 0. The van der Waals surface area contributed by atoms with E-state index >= 15 is 0 Å². The maximum Gasteiger partial charge on any atom is 0.137 e. The zero-order valence-electron chi connectivity index (χ0n) is 9.28. The first-order chi connectivity index (χ1) is 8.58. The molecule has 0 aliphatic heterocycles. The van der Waals surface area contributed by atoms with Gasteiger partial charge in [0.25, 0.3) is 0 Å². The Morgan fingerprint density at radius 1 is 1.39 bits per heavy atom. The van der Waals surface area contributed by atoms with Crippen molar-refractivity contribution in [2.45, 2.75) is 12.5 Å². The summed E-state index contributed by atoms with van der Waals surface area (Å²) < 4.78 is 13.7. The molecule has 1 aromatic carbocycles. The van der Waals surface area contributed by atoms with E-state index in [9.17, 15) is 9.50 Å². The second kappa shape index (κ2) is 5.78. The Kier molecular flexibility index (Phi) is 4.32. The number of halogens is 3. The largest absolute Gasteiger partial charge is 0.388 e. The molecule has 0 aliphatic carbocycles. The summed E-state index contributed by atoms with van der Waals surface area (Å²) >= 11 is 8.93. The Morgan fingerprint density at radius 2 is 2.17 bits per heavy atom. The van der Waals surface area contributed by atoms with Gasteiger partial charge in [0.1, 0.15) is 11.0 Å². The lowest BCUT2D eigenvalue weighted by Gasteiger charge is -2.12. The summed E-state index contributed by atoms with van der Waals surface area (Å²) in [6.07, 6.45) is 1.09. The molecule has 1 heterocycles. The van der Waals surface area contributed by atoms with E-state index in [1.165, 1.54) is 12.3 Å². The molecule has 1 aromatic heterocycles. The predicted molar refractivity (Wildman–Crippen MR) is 72.0 cm³/mol. The fourth-order valence-electron chi connectivity index (χ4n) is 1.66. The molecule has 0 radical (unpaired) electrons. The number of aromatic nitrogens is 1. The Bertz CT molecular complexity index is 564. The normalized spacial score (nSPS) is 12.4. The molecule has 0 spiro atoms. The number of hydrogen-bond acceptors (Lipinski definition) is 2. The number of benzene rings is 1. The van der Waals surface area contributed by atoms with Crippen molar-refractivity contribution in [1.82, 2.24) is 4.98 Å². The Morgan fingerprint density at radius 3 is 2.89 bits per heavy atom. The van der Waals surface area contributed by atoms with E-state index in [2.05, 4.69) is 20.9 Å². The molecule has 1 unspecified atom stereocenters. The molecule has 0 bridgehead atoms. The van der Waals surface area contributed by atoms with Crippen molar-refractivity contribution in [2.24, 2.45) is 0 Å². The van der Waals surface area contributed by atoms with Crippen LogP contribution >= 0.6 is 27.5 Å². The van der Waals surface area contributed by atoms with Gasteiger partial charge in [0.2, 0.25) is 0 Å². The first-order valence-corrected chi connectivity index (χ1v) is 6.47. The summed E-state index contributed by atoms with van der Waals surface area (Å²) in [5.74, 6) is -0.340. The van der Waals surface area contributed by atoms with Crippen molar-refractivity contribution < 1.29 is 9.50 Å². The lowest BCUT2D eigenvalue weighted by molar-refractivity contribution is 0.178. The fraction of sp³-hybridized carbons (Fsp3) is 0.154. The summed E-state index contributed by atoms with van der Waals surface area (Å²) in [5, 5.41) is 10.4. The molecular weight excluding hydrogens is 321 g/mol. The van der Waals surface area contributed by atoms with Crippen LogP contribution in [0.25, 0.3) is 0 Å². The van der Waals surface area contributed by atoms with E-state index < -0.39 is 6.10 Å². The van der Waals surface area contributed by atoms with Crippen molar-refractivity contribution in [2.75, 3.05) is 0 Å². The van der Waals surface area contributed by atoms with E-state index in [-0.39, 0.29) is 5.82 Å². The Labute approximate surface area is 118 Å². The van der Waals surface area contributed by atoms with Crippen molar-refractivity contribution in [3.05, 3.63) is 63.1 Å². The van der Waals surface area contributed by atoms with Crippen LogP contribution in [0.15, 0.2) is 41.0 Å². The second-order valence-corrected chi connectivity index (χ2v) is 5.03. The highest BCUT2D eigenvalue weighted by atomic mass is 79.9. The minimum Gasteiger partial charge on any atom is -0.388 e. The van der Waals surface area contributed by atoms with Gasteiger partial charge in [-0.2, -0.15) is 0 Å². The molecule has 2 nitrogen and oxygen atoms in total. The lowest BCUT2D eigenvalue weighted by Crippen LogP contribution is -2.03. The first-order valence-electron chi connectivity index (χ1n) is 5.30. The SMILES string of the molecule is OC(Cc1cccc(F)c1Br)c1ccnc(Cl)c1. The van der Waals surface area contributed by atoms with Gasteiger partial charge < -0.3 is 5.11 Å². The van der Waals surface area contributed by atoms with Crippen molar-refractivity contribution in [3.8, 4) is 0 Å².